The van der Waals surface area contributed by atoms with Crippen LogP contribution in [-0.2, 0) is 4.79 Å². The Kier molecular flexibility index (Phi) is 6.61. The van der Waals surface area contributed by atoms with Crippen molar-refractivity contribution in [1.29, 1.82) is 0 Å². The average Bonchev–Trinajstić information content (AvgIpc) is 3.20. The molecule has 2 atom stereocenters. The van der Waals surface area contributed by atoms with E-state index in [0.717, 1.165) is 43.0 Å². The summed E-state index contributed by atoms with van der Waals surface area (Å²) in [5, 5.41) is 0. The molecular weight excluding hydrogens is 374 g/mol. The van der Waals surface area contributed by atoms with Crippen molar-refractivity contribution in [3.63, 3.8) is 0 Å². The summed E-state index contributed by atoms with van der Waals surface area (Å²) in [5.74, 6) is 2.12. The molecule has 0 aromatic heterocycles. The first-order chi connectivity index (χ1) is 14.6. The molecule has 1 unspecified atom stereocenters. The lowest BCUT2D eigenvalue weighted by molar-refractivity contribution is -0.120. The average molecular weight is 408 g/mol. The zero-order valence-corrected chi connectivity index (χ0v) is 18.2. The minimum absolute atomic E-state index is 0.0442. The van der Waals surface area contributed by atoms with Gasteiger partial charge in [0.2, 0.25) is 0 Å². The van der Waals surface area contributed by atoms with Gasteiger partial charge < -0.3 is 14.4 Å². The highest BCUT2D eigenvalue weighted by atomic mass is 16.5. The lowest BCUT2D eigenvalue weighted by Crippen LogP contribution is -2.25. The Morgan fingerprint density at radius 1 is 0.967 bits per heavy atom. The quantitative estimate of drug-likeness (QED) is 0.531. The van der Waals surface area contributed by atoms with Crippen LogP contribution in [0.2, 0.25) is 0 Å². The van der Waals surface area contributed by atoms with Crippen molar-refractivity contribution < 1.29 is 14.3 Å². The molecule has 2 fully saturated rings. The van der Waals surface area contributed by atoms with E-state index < -0.39 is 0 Å². The topological polar surface area (TPSA) is 38.8 Å². The molecule has 4 nitrogen and oxygen atoms in total. The van der Waals surface area contributed by atoms with Crippen LogP contribution in [0.3, 0.4) is 0 Å². The van der Waals surface area contributed by atoms with Crippen molar-refractivity contribution in [2.24, 2.45) is 0 Å². The molecule has 4 heteroatoms. The molecule has 160 valence electrons. The number of nitrogens with zero attached hydrogens (tertiary/aromatic N) is 1. The van der Waals surface area contributed by atoms with Gasteiger partial charge in [0.1, 0.15) is 23.4 Å². The van der Waals surface area contributed by atoms with Crippen molar-refractivity contribution in [2.45, 2.75) is 70.5 Å². The van der Waals surface area contributed by atoms with Gasteiger partial charge in [-0.2, -0.15) is 0 Å². The van der Waals surface area contributed by atoms with E-state index in [4.69, 9.17) is 9.47 Å². The predicted octanol–water partition coefficient (Wildman–Crippen LogP) is 5.75. The molecule has 0 amide bonds. The number of ether oxygens (including phenoxy) is 2. The van der Waals surface area contributed by atoms with Gasteiger partial charge in [0.25, 0.3) is 0 Å². The zero-order chi connectivity index (χ0) is 20.9. The van der Waals surface area contributed by atoms with Crippen molar-refractivity contribution in [3.8, 4) is 11.5 Å². The third-order valence-corrected chi connectivity index (χ3v) is 6.36. The molecule has 0 spiro atoms. The van der Waals surface area contributed by atoms with Gasteiger partial charge in [-0.15, -0.1) is 0 Å². The van der Waals surface area contributed by atoms with Crippen molar-refractivity contribution in [1.82, 2.24) is 0 Å². The Hall–Kier alpha value is -2.49. The van der Waals surface area contributed by atoms with E-state index in [0.29, 0.717) is 18.3 Å². The normalized spacial score (nSPS) is 19.9. The second-order valence-corrected chi connectivity index (χ2v) is 8.65. The number of Topliss-reactive ketones (excluding diaryl/α,β-unsaturated/α-hetero) is 1. The second kappa shape index (κ2) is 9.55. The predicted molar refractivity (Wildman–Crippen MR) is 121 cm³/mol. The molecule has 2 aromatic carbocycles. The van der Waals surface area contributed by atoms with E-state index in [-0.39, 0.29) is 12.0 Å². The van der Waals surface area contributed by atoms with Gasteiger partial charge in [0, 0.05) is 31.0 Å². The van der Waals surface area contributed by atoms with Gasteiger partial charge in [0.15, 0.2) is 0 Å². The molecule has 1 saturated carbocycles. The van der Waals surface area contributed by atoms with E-state index >= 15 is 0 Å². The van der Waals surface area contributed by atoms with Crippen LogP contribution >= 0.6 is 0 Å². The number of ketones is 1. The van der Waals surface area contributed by atoms with Gasteiger partial charge in [-0.25, -0.2) is 0 Å². The minimum Gasteiger partial charge on any atom is -0.490 e. The summed E-state index contributed by atoms with van der Waals surface area (Å²) in [5.41, 5.74) is 2.29. The van der Waals surface area contributed by atoms with E-state index in [1.54, 1.807) is 0 Å². The van der Waals surface area contributed by atoms with Crippen LogP contribution < -0.4 is 14.4 Å². The molecule has 2 aromatic rings. The van der Waals surface area contributed by atoms with Gasteiger partial charge in [-0.05, 0) is 67.6 Å². The molecule has 0 radical (unpaired) electrons. The molecule has 30 heavy (non-hydrogen) atoms. The Morgan fingerprint density at radius 3 is 2.20 bits per heavy atom. The van der Waals surface area contributed by atoms with Gasteiger partial charge in [-0.1, -0.05) is 26.0 Å². The monoisotopic (exact) mass is 407 g/mol. The molecule has 0 bridgehead atoms. The first kappa shape index (κ1) is 20.8. The summed E-state index contributed by atoms with van der Waals surface area (Å²) >= 11 is 0. The zero-order valence-electron chi connectivity index (χ0n) is 18.2. The highest BCUT2D eigenvalue weighted by Crippen LogP contribution is 2.29. The molecule has 1 saturated heterocycles. The fourth-order valence-corrected chi connectivity index (χ4v) is 4.15. The number of anilines is 1. The number of carbonyl (C=O) groups is 1. The molecule has 1 aliphatic carbocycles. The van der Waals surface area contributed by atoms with Crippen LogP contribution in [0.15, 0.2) is 48.5 Å². The highest BCUT2D eigenvalue weighted by Gasteiger charge is 2.25. The molecule has 2 aliphatic rings. The van der Waals surface area contributed by atoms with Gasteiger partial charge >= 0.3 is 0 Å². The molecule has 0 N–H and O–H groups in total. The SMILES string of the molecule is CCCC(=O)C(C)c1ccc(O[C@@H]2CCN(c3ccc(OC4CCC4)cc3)C2)cc1. The number of hydrogen-bond donors (Lipinski definition) is 0. The summed E-state index contributed by atoms with van der Waals surface area (Å²) in [4.78, 5) is 14.5. The van der Waals surface area contributed by atoms with Crippen LogP contribution in [-0.4, -0.2) is 31.1 Å². The minimum atomic E-state index is -0.0442. The summed E-state index contributed by atoms with van der Waals surface area (Å²) in [6.45, 7) is 5.92. The Labute approximate surface area is 180 Å². The van der Waals surface area contributed by atoms with Crippen LogP contribution in [0.1, 0.15) is 63.9 Å². The summed E-state index contributed by atoms with van der Waals surface area (Å²) < 4.78 is 12.2. The first-order valence-corrected chi connectivity index (χ1v) is 11.4. The Morgan fingerprint density at radius 2 is 1.60 bits per heavy atom. The summed E-state index contributed by atoms with van der Waals surface area (Å²) in [7, 11) is 0. The fraction of sp³-hybridized carbons (Fsp3) is 0.500. The van der Waals surface area contributed by atoms with Crippen molar-refractivity contribution >= 4 is 11.5 Å². The van der Waals surface area contributed by atoms with Gasteiger partial charge in [-0.3, -0.25) is 4.79 Å². The van der Waals surface area contributed by atoms with Crippen LogP contribution in [0.4, 0.5) is 5.69 Å². The second-order valence-electron chi connectivity index (χ2n) is 8.65. The Balaban J connectivity index is 1.28. The van der Waals surface area contributed by atoms with E-state index in [1.807, 2.05) is 38.1 Å². The number of benzene rings is 2. The first-order valence-electron chi connectivity index (χ1n) is 11.4. The van der Waals surface area contributed by atoms with Crippen LogP contribution in [0.5, 0.6) is 11.5 Å². The molecule has 1 aliphatic heterocycles. The fourth-order valence-electron chi connectivity index (χ4n) is 4.15. The molecular formula is C26H33NO3. The summed E-state index contributed by atoms with van der Waals surface area (Å²) in [6, 6.07) is 16.5. The highest BCUT2D eigenvalue weighted by molar-refractivity contribution is 5.85. The lowest BCUT2D eigenvalue weighted by atomic mass is 9.94. The number of rotatable bonds is 9. The maximum Gasteiger partial charge on any atom is 0.140 e. The van der Waals surface area contributed by atoms with Crippen molar-refractivity contribution in [2.75, 3.05) is 18.0 Å². The number of hydrogen-bond acceptors (Lipinski definition) is 4. The smallest absolute Gasteiger partial charge is 0.140 e. The lowest BCUT2D eigenvalue weighted by Gasteiger charge is -2.26. The van der Waals surface area contributed by atoms with Crippen molar-refractivity contribution in [3.05, 3.63) is 54.1 Å². The van der Waals surface area contributed by atoms with Crippen LogP contribution in [0.25, 0.3) is 0 Å². The largest absolute Gasteiger partial charge is 0.490 e. The van der Waals surface area contributed by atoms with Crippen LogP contribution in [0, 0.1) is 0 Å². The van der Waals surface area contributed by atoms with E-state index in [2.05, 4.69) is 29.2 Å². The standard InChI is InChI=1S/C26H33NO3/c1-3-5-26(28)19(2)20-8-12-23(13-9-20)30-25-16-17-27(18-25)21-10-14-24(15-11-21)29-22-6-4-7-22/h8-15,19,22,25H,3-7,16-18H2,1-2H3/t19?,25-/m1/s1. The summed E-state index contributed by atoms with van der Waals surface area (Å²) in [6.07, 6.45) is 6.80. The van der Waals surface area contributed by atoms with E-state index in [1.165, 1.54) is 24.9 Å². The maximum atomic E-state index is 12.1. The van der Waals surface area contributed by atoms with Gasteiger partial charge in [0.05, 0.1) is 12.6 Å². The number of carbonyl (C=O) groups excluding carboxylic acids is 1. The van der Waals surface area contributed by atoms with E-state index in [9.17, 15) is 4.79 Å². The molecule has 4 rings (SSSR count). The Bertz CT molecular complexity index is 826. The third-order valence-electron chi connectivity index (χ3n) is 6.36. The maximum absolute atomic E-state index is 12.1. The molecule has 1 heterocycles. The third kappa shape index (κ3) is 4.97.